The number of rotatable bonds is 5. The standard InChI is InChI=1S/C15H18N4O/c1-19(2)15(20)13-3-4-14(18-11-13)17-10-7-12-5-8-16-9-6-12/h3-6,8-9,11H,7,10H2,1-2H3,(H,17,18). The number of hydrogen-bond acceptors (Lipinski definition) is 4. The third kappa shape index (κ3) is 3.78. The maximum atomic E-state index is 11.7. The number of anilines is 1. The molecule has 2 aromatic heterocycles. The van der Waals surface area contributed by atoms with Gasteiger partial charge in [-0.05, 0) is 36.2 Å². The van der Waals surface area contributed by atoms with E-state index in [1.54, 1.807) is 38.8 Å². The van der Waals surface area contributed by atoms with Gasteiger partial charge in [0.2, 0.25) is 0 Å². The average molecular weight is 270 g/mol. The van der Waals surface area contributed by atoms with E-state index in [-0.39, 0.29) is 5.91 Å². The lowest BCUT2D eigenvalue weighted by Gasteiger charge is -2.10. The summed E-state index contributed by atoms with van der Waals surface area (Å²) in [6.45, 7) is 0.790. The van der Waals surface area contributed by atoms with Crippen molar-refractivity contribution in [3.63, 3.8) is 0 Å². The summed E-state index contributed by atoms with van der Waals surface area (Å²) in [5.41, 5.74) is 1.82. The van der Waals surface area contributed by atoms with Crippen LogP contribution >= 0.6 is 0 Å². The second kappa shape index (κ2) is 6.65. The molecule has 0 fully saturated rings. The van der Waals surface area contributed by atoms with Crippen molar-refractivity contribution in [2.24, 2.45) is 0 Å². The molecule has 5 heteroatoms. The molecule has 0 unspecified atom stereocenters. The molecule has 0 spiro atoms. The van der Waals surface area contributed by atoms with Gasteiger partial charge >= 0.3 is 0 Å². The molecule has 0 aromatic carbocycles. The highest BCUT2D eigenvalue weighted by Crippen LogP contribution is 2.07. The quantitative estimate of drug-likeness (QED) is 0.900. The van der Waals surface area contributed by atoms with E-state index in [9.17, 15) is 4.79 Å². The zero-order chi connectivity index (χ0) is 14.4. The van der Waals surface area contributed by atoms with Gasteiger partial charge in [0.1, 0.15) is 5.82 Å². The van der Waals surface area contributed by atoms with Gasteiger partial charge in [-0.15, -0.1) is 0 Å². The highest BCUT2D eigenvalue weighted by molar-refractivity contribution is 5.93. The van der Waals surface area contributed by atoms with Crippen molar-refractivity contribution in [2.75, 3.05) is 26.0 Å². The summed E-state index contributed by atoms with van der Waals surface area (Å²) in [5.74, 6) is 0.732. The molecular weight excluding hydrogens is 252 g/mol. The molecule has 1 amide bonds. The van der Waals surface area contributed by atoms with E-state index in [2.05, 4.69) is 15.3 Å². The molecule has 0 atom stereocenters. The van der Waals surface area contributed by atoms with Crippen molar-refractivity contribution in [1.82, 2.24) is 14.9 Å². The lowest BCUT2D eigenvalue weighted by molar-refractivity contribution is 0.0827. The normalized spacial score (nSPS) is 10.1. The monoisotopic (exact) mass is 270 g/mol. The van der Waals surface area contributed by atoms with Crippen LogP contribution in [0.3, 0.4) is 0 Å². The number of hydrogen-bond donors (Lipinski definition) is 1. The Morgan fingerprint density at radius 2 is 1.95 bits per heavy atom. The molecule has 2 aromatic rings. The van der Waals surface area contributed by atoms with Gasteiger partial charge in [-0.1, -0.05) is 0 Å². The first-order valence-electron chi connectivity index (χ1n) is 6.47. The second-order valence-electron chi connectivity index (χ2n) is 4.66. The fourth-order valence-corrected chi connectivity index (χ4v) is 1.77. The van der Waals surface area contributed by atoms with Crippen LogP contribution in [0.15, 0.2) is 42.9 Å². The van der Waals surface area contributed by atoms with Crippen LogP contribution in [0.5, 0.6) is 0 Å². The molecule has 0 bridgehead atoms. The van der Waals surface area contributed by atoms with E-state index in [0.29, 0.717) is 5.56 Å². The average Bonchev–Trinajstić information content (AvgIpc) is 2.48. The van der Waals surface area contributed by atoms with Gasteiger partial charge in [0, 0.05) is 39.2 Å². The molecular formula is C15H18N4O. The van der Waals surface area contributed by atoms with Crippen molar-refractivity contribution in [3.8, 4) is 0 Å². The summed E-state index contributed by atoms with van der Waals surface area (Å²) >= 11 is 0. The molecule has 0 aliphatic carbocycles. The summed E-state index contributed by atoms with van der Waals surface area (Å²) in [7, 11) is 3.45. The molecule has 1 N–H and O–H groups in total. The summed E-state index contributed by atoms with van der Waals surface area (Å²) in [6.07, 6.45) is 6.07. The van der Waals surface area contributed by atoms with Crippen LogP contribution in [-0.4, -0.2) is 41.4 Å². The Bertz CT molecular complexity index is 552. The van der Waals surface area contributed by atoms with Gasteiger partial charge in [0.25, 0.3) is 5.91 Å². The summed E-state index contributed by atoms with van der Waals surface area (Å²) < 4.78 is 0. The van der Waals surface area contributed by atoms with Crippen LogP contribution in [0.1, 0.15) is 15.9 Å². The van der Waals surface area contributed by atoms with Crippen molar-refractivity contribution in [2.45, 2.75) is 6.42 Å². The molecule has 0 saturated heterocycles. The van der Waals surface area contributed by atoms with Crippen molar-refractivity contribution in [1.29, 1.82) is 0 Å². The SMILES string of the molecule is CN(C)C(=O)c1ccc(NCCc2ccncc2)nc1. The van der Waals surface area contributed by atoms with E-state index >= 15 is 0 Å². The second-order valence-corrected chi connectivity index (χ2v) is 4.66. The maximum absolute atomic E-state index is 11.7. The number of nitrogens with one attached hydrogen (secondary N) is 1. The van der Waals surface area contributed by atoms with Crippen molar-refractivity contribution in [3.05, 3.63) is 54.0 Å². The summed E-state index contributed by atoms with van der Waals surface area (Å²) in [6, 6.07) is 7.59. The predicted molar refractivity (Wildman–Crippen MR) is 78.7 cm³/mol. The maximum Gasteiger partial charge on any atom is 0.254 e. The topological polar surface area (TPSA) is 58.1 Å². The van der Waals surface area contributed by atoms with Gasteiger partial charge < -0.3 is 10.2 Å². The van der Waals surface area contributed by atoms with E-state index in [4.69, 9.17) is 0 Å². The number of pyridine rings is 2. The summed E-state index contributed by atoms with van der Waals surface area (Å²) in [5, 5.41) is 3.23. The first kappa shape index (κ1) is 14.0. The highest BCUT2D eigenvalue weighted by atomic mass is 16.2. The molecule has 0 radical (unpaired) electrons. The van der Waals surface area contributed by atoms with E-state index < -0.39 is 0 Å². The Labute approximate surface area is 118 Å². The zero-order valence-corrected chi connectivity index (χ0v) is 11.7. The van der Waals surface area contributed by atoms with Crippen LogP contribution in [0.2, 0.25) is 0 Å². The highest BCUT2D eigenvalue weighted by Gasteiger charge is 2.07. The smallest absolute Gasteiger partial charge is 0.254 e. The Kier molecular flexibility index (Phi) is 4.65. The van der Waals surface area contributed by atoms with E-state index in [1.165, 1.54) is 10.5 Å². The molecule has 0 aliphatic heterocycles. The van der Waals surface area contributed by atoms with Crippen molar-refractivity contribution >= 4 is 11.7 Å². The van der Waals surface area contributed by atoms with Gasteiger partial charge in [-0.25, -0.2) is 4.98 Å². The molecule has 5 nitrogen and oxygen atoms in total. The number of aromatic nitrogens is 2. The summed E-state index contributed by atoms with van der Waals surface area (Å²) in [4.78, 5) is 21.5. The minimum atomic E-state index is -0.0409. The minimum absolute atomic E-state index is 0.0409. The molecule has 104 valence electrons. The largest absolute Gasteiger partial charge is 0.370 e. The molecule has 2 heterocycles. The lowest BCUT2D eigenvalue weighted by Crippen LogP contribution is -2.21. The Morgan fingerprint density at radius 1 is 1.20 bits per heavy atom. The first-order valence-corrected chi connectivity index (χ1v) is 6.47. The van der Waals surface area contributed by atoms with Crippen LogP contribution in [0.25, 0.3) is 0 Å². The Morgan fingerprint density at radius 3 is 2.55 bits per heavy atom. The molecule has 0 aliphatic rings. The number of amides is 1. The van der Waals surface area contributed by atoms with Gasteiger partial charge in [-0.2, -0.15) is 0 Å². The van der Waals surface area contributed by atoms with Crippen LogP contribution in [0.4, 0.5) is 5.82 Å². The predicted octanol–water partition coefficient (Wildman–Crippen LogP) is 1.83. The van der Waals surface area contributed by atoms with E-state index in [0.717, 1.165) is 18.8 Å². The van der Waals surface area contributed by atoms with Gasteiger partial charge in [0.05, 0.1) is 5.56 Å². The van der Waals surface area contributed by atoms with Crippen LogP contribution < -0.4 is 5.32 Å². The zero-order valence-electron chi connectivity index (χ0n) is 11.7. The third-order valence-electron chi connectivity index (χ3n) is 2.89. The lowest BCUT2D eigenvalue weighted by atomic mass is 10.2. The van der Waals surface area contributed by atoms with Crippen LogP contribution in [-0.2, 0) is 6.42 Å². The van der Waals surface area contributed by atoms with Gasteiger partial charge in [-0.3, -0.25) is 9.78 Å². The third-order valence-corrected chi connectivity index (χ3v) is 2.89. The van der Waals surface area contributed by atoms with Gasteiger partial charge in [0.15, 0.2) is 0 Å². The van der Waals surface area contributed by atoms with Crippen LogP contribution in [0, 0.1) is 0 Å². The molecule has 0 saturated carbocycles. The first-order chi connectivity index (χ1) is 9.66. The fourth-order valence-electron chi connectivity index (χ4n) is 1.77. The number of carbonyl (C=O) groups is 1. The Hall–Kier alpha value is -2.43. The number of nitrogens with zero attached hydrogens (tertiary/aromatic N) is 3. The number of carbonyl (C=O) groups excluding carboxylic acids is 1. The van der Waals surface area contributed by atoms with E-state index in [1.807, 2.05) is 18.2 Å². The Balaban J connectivity index is 1.87. The molecule has 2 rings (SSSR count). The minimum Gasteiger partial charge on any atom is -0.370 e. The molecule has 20 heavy (non-hydrogen) atoms. The van der Waals surface area contributed by atoms with Crippen molar-refractivity contribution < 1.29 is 4.79 Å². The fraction of sp³-hybridized carbons (Fsp3) is 0.267.